The summed E-state index contributed by atoms with van der Waals surface area (Å²) in [6.45, 7) is 0.710. The van der Waals surface area contributed by atoms with Crippen molar-refractivity contribution in [1.29, 1.82) is 0 Å². The maximum atomic E-state index is 13.1. The minimum atomic E-state index is 0.0477. The Morgan fingerprint density at radius 1 is 1.26 bits per heavy atom. The number of nitrogens with zero attached hydrogens (tertiary/aromatic N) is 2. The molecule has 0 N–H and O–H groups in total. The predicted molar refractivity (Wildman–Crippen MR) is 102 cm³/mol. The molecule has 0 unspecified atom stereocenters. The van der Waals surface area contributed by atoms with Gasteiger partial charge in [-0.3, -0.25) is 4.79 Å². The second-order valence-corrected chi connectivity index (χ2v) is 7.27. The maximum Gasteiger partial charge on any atom is 0.260 e. The van der Waals surface area contributed by atoms with Crippen LogP contribution in [0.5, 0.6) is 0 Å². The molecule has 0 aromatic heterocycles. The SMILES string of the molecule is CSN(C)c1ccccc1C(=O)N1CCc2cc(SCl)ccc21. The lowest BCUT2D eigenvalue weighted by Crippen LogP contribution is -2.30. The topological polar surface area (TPSA) is 23.6 Å². The molecule has 0 radical (unpaired) electrons. The van der Waals surface area contributed by atoms with Gasteiger partial charge in [0.25, 0.3) is 5.91 Å². The van der Waals surface area contributed by atoms with Crippen molar-refractivity contribution < 1.29 is 4.79 Å². The molecule has 1 heterocycles. The number of amides is 1. The van der Waals surface area contributed by atoms with E-state index in [1.54, 1.807) is 11.9 Å². The van der Waals surface area contributed by atoms with E-state index < -0.39 is 0 Å². The second kappa shape index (κ2) is 7.07. The molecule has 120 valence electrons. The third-order valence-corrected chi connectivity index (χ3v) is 5.74. The van der Waals surface area contributed by atoms with Gasteiger partial charge in [0, 0.05) is 30.4 Å². The molecule has 0 fully saturated rings. The van der Waals surface area contributed by atoms with Crippen LogP contribution in [0.2, 0.25) is 0 Å². The Kier molecular flexibility index (Phi) is 5.09. The first-order valence-corrected chi connectivity index (χ1v) is 10.1. The first-order chi connectivity index (χ1) is 11.2. The molecule has 0 saturated heterocycles. The molecule has 2 aromatic carbocycles. The molecule has 1 aliphatic heterocycles. The molecular weight excluding hydrogens is 348 g/mol. The Hall–Kier alpha value is -1.30. The van der Waals surface area contributed by atoms with Crippen LogP contribution in [-0.2, 0) is 6.42 Å². The van der Waals surface area contributed by atoms with Gasteiger partial charge in [-0.25, -0.2) is 0 Å². The van der Waals surface area contributed by atoms with Crippen LogP contribution in [0, 0.1) is 0 Å². The second-order valence-electron chi connectivity index (χ2n) is 5.27. The van der Waals surface area contributed by atoms with Crippen molar-refractivity contribution in [3.8, 4) is 0 Å². The fraction of sp³-hybridized carbons (Fsp3) is 0.235. The summed E-state index contributed by atoms with van der Waals surface area (Å²) in [6.07, 6.45) is 2.87. The molecule has 3 nitrogen and oxygen atoms in total. The lowest BCUT2D eigenvalue weighted by molar-refractivity contribution is 0.0990. The highest BCUT2D eigenvalue weighted by molar-refractivity contribution is 8.21. The summed E-state index contributed by atoms with van der Waals surface area (Å²) in [5.41, 5.74) is 3.84. The van der Waals surface area contributed by atoms with E-state index in [-0.39, 0.29) is 5.91 Å². The summed E-state index contributed by atoms with van der Waals surface area (Å²) in [5, 5.41) is 0. The standard InChI is InChI=1S/C17H17ClN2OS2/c1-19(22-2)16-6-4-3-5-14(16)17(21)20-10-9-12-11-13(23-18)7-8-15(12)20/h3-8,11H,9-10H2,1-2H3. The highest BCUT2D eigenvalue weighted by atomic mass is 35.7. The van der Waals surface area contributed by atoms with Gasteiger partial charge in [0.1, 0.15) is 0 Å². The third kappa shape index (κ3) is 3.18. The normalized spacial score (nSPS) is 13.1. The first kappa shape index (κ1) is 16.6. The van der Waals surface area contributed by atoms with E-state index in [1.165, 1.54) is 16.5 Å². The highest BCUT2D eigenvalue weighted by Crippen LogP contribution is 2.35. The molecule has 23 heavy (non-hydrogen) atoms. The smallest absolute Gasteiger partial charge is 0.260 e. The van der Waals surface area contributed by atoms with Crippen LogP contribution in [0.4, 0.5) is 11.4 Å². The third-order valence-electron chi connectivity index (χ3n) is 4.03. The predicted octanol–water partition coefficient (Wildman–Crippen LogP) is 4.85. The molecule has 0 bridgehead atoms. The van der Waals surface area contributed by atoms with Crippen molar-refractivity contribution >= 4 is 50.9 Å². The zero-order valence-corrected chi connectivity index (χ0v) is 15.3. The number of anilines is 2. The van der Waals surface area contributed by atoms with Gasteiger partial charge >= 0.3 is 0 Å². The lowest BCUT2D eigenvalue weighted by atomic mass is 10.1. The van der Waals surface area contributed by atoms with E-state index in [4.69, 9.17) is 10.7 Å². The maximum absolute atomic E-state index is 13.1. The summed E-state index contributed by atoms with van der Waals surface area (Å²) in [5.74, 6) is 0.0477. The van der Waals surface area contributed by atoms with Gasteiger partial charge in [0.15, 0.2) is 0 Å². The first-order valence-electron chi connectivity index (χ1n) is 7.26. The molecule has 6 heteroatoms. The van der Waals surface area contributed by atoms with E-state index >= 15 is 0 Å². The fourth-order valence-corrected chi connectivity index (χ4v) is 3.76. The Balaban J connectivity index is 1.95. The van der Waals surface area contributed by atoms with Gasteiger partial charge in [-0.1, -0.05) is 24.1 Å². The largest absolute Gasteiger partial charge is 0.319 e. The minimum absolute atomic E-state index is 0.0477. The van der Waals surface area contributed by atoms with Crippen molar-refractivity contribution in [3.05, 3.63) is 53.6 Å². The van der Waals surface area contributed by atoms with E-state index in [1.807, 2.05) is 58.9 Å². The van der Waals surface area contributed by atoms with E-state index in [2.05, 4.69) is 6.07 Å². The van der Waals surface area contributed by atoms with Gasteiger partial charge in [-0.15, -0.1) is 0 Å². The molecule has 0 saturated carbocycles. The molecule has 0 aliphatic carbocycles. The number of rotatable bonds is 4. The Bertz CT molecular complexity index is 738. The summed E-state index contributed by atoms with van der Waals surface area (Å²) in [4.78, 5) is 15.9. The van der Waals surface area contributed by atoms with Gasteiger partial charge in [-0.2, -0.15) is 0 Å². The molecule has 1 aliphatic rings. The number of hydrogen-bond donors (Lipinski definition) is 0. The van der Waals surface area contributed by atoms with Crippen LogP contribution in [0.25, 0.3) is 0 Å². The fourth-order valence-electron chi connectivity index (χ4n) is 2.81. The number of fused-ring (bicyclic) bond motifs is 1. The van der Waals surface area contributed by atoms with Crippen molar-refractivity contribution in [2.45, 2.75) is 11.3 Å². The van der Waals surface area contributed by atoms with Crippen LogP contribution in [-0.4, -0.2) is 25.8 Å². The number of carbonyl (C=O) groups is 1. The molecule has 3 rings (SSSR count). The number of benzene rings is 2. The van der Waals surface area contributed by atoms with Gasteiger partial charge < -0.3 is 9.21 Å². The van der Waals surface area contributed by atoms with Crippen LogP contribution in [0.3, 0.4) is 0 Å². The highest BCUT2D eigenvalue weighted by Gasteiger charge is 2.27. The van der Waals surface area contributed by atoms with E-state index in [0.29, 0.717) is 6.54 Å². The number of hydrogen-bond acceptors (Lipinski definition) is 4. The van der Waals surface area contributed by atoms with Crippen LogP contribution < -0.4 is 9.21 Å². The molecule has 0 atom stereocenters. The Labute approximate surface area is 149 Å². The molecular formula is C17H17ClN2OS2. The average Bonchev–Trinajstić information content (AvgIpc) is 3.03. The number of halogens is 1. The van der Waals surface area contributed by atoms with Gasteiger partial charge in [0.2, 0.25) is 0 Å². The van der Waals surface area contributed by atoms with E-state index in [9.17, 15) is 4.79 Å². The molecule has 1 amide bonds. The van der Waals surface area contributed by atoms with Crippen LogP contribution in [0.15, 0.2) is 47.4 Å². The summed E-state index contributed by atoms with van der Waals surface area (Å²) in [7, 11) is 9.00. The van der Waals surface area contributed by atoms with Crippen LogP contribution >= 0.6 is 33.6 Å². The summed E-state index contributed by atoms with van der Waals surface area (Å²) >= 11 is 1.59. The van der Waals surface area contributed by atoms with E-state index in [0.717, 1.165) is 28.3 Å². The summed E-state index contributed by atoms with van der Waals surface area (Å²) in [6, 6.07) is 13.8. The molecule has 2 aromatic rings. The van der Waals surface area contributed by atoms with Crippen LogP contribution in [0.1, 0.15) is 15.9 Å². The number of para-hydroxylation sites is 1. The quantitative estimate of drug-likeness (QED) is 0.723. The van der Waals surface area contributed by atoms with Crippen molar-refractivity contribution in [2.24, 2.45) is 0 Å². The van der Waals surface area contributed by atoms with Crippen molar-refractivity contribution in [3.63, 3.8) is 0 Å². The monoisotopic (exact) mass is 364 g/mol. The van der Waals surface area contributed by atoms with Gasteiger partial charge in [-0.05, 0) is 64.0 Å². The zero-order valence-electron chi connectivity index (χ0n) is 13.0. The zero-order chi connectivity index (χ0) is 16.4. The number of carbonyl (C=O) groups excluding carboxylic acids is 1. The Morgan fingerprint density at radius 2 is 2.04 bits per heavy atom. The minimum Gasteiger partial charge on any atom is -0.319 e. The lowest BCUT2D eigenvalue weighted by Gasteiger charge is -2.23. The average molecular weight is 365 g/mol. The molecule has 0 spiro atoms. The Morgan fingerprint density at radius 3 is 2.78 bits per heavy atom. The van der Waals surface area contributed by atoms with Gasteiger partial charge in [0.05, 0.1) is 11.3 Å². The van der Waals surface area contributed by atoms with Crippen molar-refractivity contribution in [1.82, 2.24) is 0 Å². The van der Waals surface area contributed by atoms with Crippen molar-refractivity contribution in [2.75, 3.05) is 29.1 Å². The summed E-state index contributed by atoms with van der Waals surface area (Å²) < 4.78 is 2.01.